The lowest BCUT2D eigenvalue weighted by Gasteiger charge is -2.17. The molecule has 0 aromatic heterocycles. The topological polar surface area (TPSA) is 46.2 Å². The van der Waals surface area contributed by atoms with E-state index >= 15 is 0 Å². The second-order valence-electron chi connectivity index (χ2n) is 3.75. The van der Waals surface area contributed by atoms with Crippen LogP contribution >= 0.6 is 15.9 Å². The average molecular weight is 258 g/mol. The van der Waals surface area contributed by atoms with Crippen LogP contribution in [-0.2, 0) is 0 Å². The van der Waals surface area contributed by atoms with E-state index in [0.717, 1.165) is 15.6 Å². The Morgan fingerprint density at radius 3 is 2.36 bits per heavy atom. The number of aryl methyl sites for hydroxylation is 1. The van der Waals surface area contributed by atoms with Gasteiger partial charge in [-0.1, -0.05) is 22.0 Å². The lowest BCUT2D eigenvalue weighted by atomic mass is 9.99. The Kier molecular flexibility index (Phi) is 3.70. The molecular weight excluding hydrogens is 242 g/mol. The van der Waals surface area contributed by atoms with Crippen LogP contribution in [0.4, 0.5) is 0 Å². The quantitative estimate of drug-likeness (QED) is 0.855. The van der Waals surface area contributed by atoms with E-state index < -0.39 is 6.10 Å². The summed E-state index contributed by atoms with van der Waals surface area (Å²) < 4.78 is 1.02. The first-order chi connectivity index (χ1) is 6.43. The summed E-state index contributed by atoms with van der Waals surface area (Å²) in [5.41, 5.74) is 8.87. The van der Waals surface area contributed by atoms with Crippen molar-refractivity contribution in [1.82, 2.24) is 0 Å². The van der Waals surface area contributed by atoms with Gasteiger partial charge >= 0.3 is 0 Å². The maximum absolute atomic E-state index is 9.79. The van der Waals surface area contributed by atoms with Gasteiger partial charge in [0.15, 0.2) is 0 Å². The number of rotatable bonds is 2. The summed E-state index contributed by atoms with van der Waals surface area (Å²) in [5, 5.41) is 9.79. The van der Waals surface area contributed by atoms with Crippen molar-refractivity contribution in [3.63, 3.8) is 0 Å². The number of halogens is 1. The highest BCUT2D eigenvalue weighted by Gasteiger charge is 2.14. The summed E-state index contributed by atoms with van der Waals surface area (Å²) in [5.74, 6) is 0. The molecule has 0 aliphatic rings. The Hall–Kier alpha value is -0.380. The monoisotopic (exact) mass is 257 g/mol. The van der Waals surface area contributed by atoms with Crippen LogP contribution in [-0.4, -0.2) is 11.1 Å². The summed E-state index contributed by atoms with van der Waals surface area (Å²) in [6.07, 6.45) is -0.592. The number of nitrogens with two attached hydrogens (primary N) is 1. The number of aliphatic hydroxyl groups excluding tert-OH is 1. The van der Waals surface area contributed by atoms with Crippen LogP contribution in [0.3, 0.4) is 0 Å². The summed E-state index contributed by atoms with van der Waals surface area (Å²) in [6, 6.07) is 3.66. The smallest absolute Gasteiger partial charge is 0.0938 e. The van der Waals surface area contributed by atoms with Gasteiger partial charge in [-0.2, -0.15) is 0 Å². The van der Waals surface area contributed by atoms with Crippen LogP contribution in [0, 0.1) is 13.8 Å². The zero-order valence-electron chi connectivity index (χ0n) is 8.71. The van der Waals surface area contributed by atoms with Gasteiger partial charge in [-0.3, -0.25) is 0 Å². The van der Waals surface area contributed by atoms with E-state index in [4.69, 9.17) is 5.73 Å². The molecular formula is C11H16BrNO. The first-order valence-corrected chi connectivity index (χ1v) is 5.43. The third-order valence-electron chi connectivity index (χ3n) is 2.47. The normalized spacial score (nSPS) is 15.3. The fourth-order valence-electron chi connectivity index (χ4n) is 1.32. The van der Waals surface area contributed by atoms with Crippen LogP contribution in [0.2, 0.25) is 0 Å². The minimum atomic E-state index is -0.592. The first kappa shape index (κ1) is 11.7. The fourth-order valence-corrected chi connectivity index (χ4v) is 1.89. The van der Waals surface area contributed by atoms with Gasteiger partial charge in [0.25, 0.3) is 0 Å². The van der Waals surface area contributed by atoms with E-state index in [9.17, 15) is 5.11 Å². The number of benzene rings is 1. The number of hydrogen-bond acceptors (Lipinski definition) is 2. The van der Waals surface area contributed by atoms with Crippen molar-refractivity contribution in [3.8, 4) is 0 Å². The van der Waals surface area contributed by atoms with E-state index in [1.807, 2.05) is 26.0 Å². The predicted molar refractivity (Wildman–Crippen MR) is 62.2 cm³/mol. The molecule has 1 rings (SSSR count). The van der Waals surface area contributed by atoms with E-state index in [2.05, 4.69) is 15.9 Å². The van der Waals surface area contributed by atoms with Crippen LogP contribution < -0.4 is 5.73 Å². The van der Waals surface area contributed by atoms with Crippen molar-refractivity contribution >= 4 is 15.9 Å². The molecule has 2 nitrogen and oxygen atoms in total. The van der Waals surface area contributed by atoms with Gasteiger partial charge in [0, 0.05) is 10.5 Å². The highest BCUT2D eigenvalue weighted by Crippen LogP contribution is 2.26. The molecule has 0 amide bonds. The molecule has 2 unspecified atom stereocenters. The lowest BCUT2D eigenvalue weighted by Crippen LogP contribution is -2.24. The van der Waals surface area contributed by atoms with Crippen molar-refractivity contribution in [2.45, 2.75) is 32.9 Å². The zero-order chi connectivity index (χ0) is 10.9. The van der Waals surface area contributed by atoms with Crippen molar-refractivity contribution < 1.29 is 5.11 Å². The fraction of sp³-hybridized carbons (Fsp3) is 0.455. The Balaban J connectivity index is 3.12. The maximum Gasteiger partial charge on any atom is 0.0938 e. The molecule has 0 fully saturated rings. The highest BCUT2D eigenvalue weighted by molar-refractivity contribution is 9.10. The second kappa shape index (κ2) is 4.43. The molecule has 14 heavy (non-hydrogen) atoms. The molecule has 0 radical (unpaired) electrons. The minimum absolute atomic E-state index is 0.246. The molecule has 3 N–H and O–H groups in total. The molecule has 1 aromatic carbocycles. The van der Waals surface area contributed by atoms with Gasteiger partial charge < -0.3 is 10.8 Å². The molecule has 3 heteroatoms. The summed E-state index contributed by atoms with van der Waals surface area (Å²) in [6.45, 7) is 5.87. The SMILES string of the molecule is Cc1cc(C(O)C(C)N)cc(Br)c1C. The Morgan fingerprint density at radius 2 is 1.93 bits per heavy atom. The molecule has 0 aliphatic heterocycles. The Bertz CT molecular complexity index is 313. The van der Waals surface area contributed by atoms with Crippen molar-refractivity contribution in [2.24, 2.45) is 5.73 Å². The van der Waals surface area contributed by atoms with Gasteiger partial charge in [-0.15, -0.1) is 0 Å². The third-order valence-corrected chi connectivity index (χ3v) is 3.29. The van der Waals surface area contributed by atoms with E-state index in [1.165, 1.54) is 5.56 Å². The van der Waals surface area contributed by atoms with Crippen LogP contribution in [0.15, 0.2) is 16.6 Å². The van der Waals surface area contributed by atoms with Gasteiger partial charge in [0.2, 0.25) is 0 Å². The summed E-state index contributed by atoms with van der Waals surface area (Å²) >= 11 is 3.46. The van der Waals surface area contributed by atoms with Gasteiger partial charge in [-0.05, 0) is 43.5 Å². The molecule has 0 saturated carbocycles. The molecule has 1 aromatic rings. The van der Waals surface area contributed by atoms with Crippen molar-refractivity contribution in [2.75, 3.05) is 0 Å². The third kappa shape index (κ3) is 2.35. The number of aliphatic hydroxyl groups is 1. The molecule has 78 valence electrons. The standard InChI is InChI=1S/C11H16BrNO/c1-6-4-9(11(14)8(3)13)5-10(12)7(6)2/h4-5,8,11,14H,13H2,1-3H3. The van der Waals surface area contributed by atoms with E-state index in [0.29, 0.717) is 0 Å². The molecule has 2 atom stereocenters. The van der Waals surface area contributed by atoms with Crippen LogP contribution in [0.1, 0.15) is 29.7 Å². The predicted octanol–water partition coefficient (Wildman–Crippen LogP) is 2.45. The molecule has 0 saturated heterocycles. The molecule has 0 heterocycles. The van der Waals surface area contributed by atoms with Gasteiger partial charge in [0.05, 0.1) is 6.10 Å². The molecule has 0 bridgehead atoms. The van der Waals surface area contributed by atoms with E-state index in [-0.39, 0.29) is 6.04 Å². The molecule has 0 aliphatic carbocycles. The maximum atomic E-state index is 9.79. The van der Waals surface area contributed by atoms with Crippen molar-refractivity contribution in [1.29, 1.82) is 0 Å². The Labute approximate surface area is 93.3 Å². The lowest BCUT2D eigenvalue weighted by molar-refractivity contribution is 0.153. The van der Waals surface area contributed by atoms with Gasteiger partial charge in [-0.25, -0.2) is 0 Å². The zero-order valence-corrected chi connectivity index (χ0v) is 10.3. The Morgan fingerprint density at radius 1 is 1.36 bits per heavy atom. The molecule has 0 spiro atoms. The largest absolute Gasteiger partial charge is 0.387 e. The summed E-state index contributed by atoms with van der Waals surface area (Å²) in [4.78, 5) is 0. The minimum Gasteiger partial charge on any atom is -0.387 e. The second-order valence-corrected chi connectivity index (χ2v) is 4.60. The average Bonchev–Trinajstić information content (AvgIpc) is 2.12. The number of hydrogen-bond donors (Lipinski definition) is 2. The first-order valence-electron chi connectivity index (χ1n) is 4.63. The summed E-state index contributed by atoms with van der Waals surface area (Å²) in [7, 11) is 0. The van der Waals surface area contributed by atoms with Crippen molar-refractivity contribution in [3.05, 3.63) is 33.3 Å². The van der Waals surface area contributed by atoms with Crippen LogP contribution in [0.5, 0.6) is 0 Å². The van der Waals surface area contributed by atoms with Gasteiger partial charge in [0.1, 0.15) is 0 Å². The van der Waals surface area contributed by atoms with E-state index in [1.54, 1.807) is 6.92 Å². The highest BCUT2D eigenvalue weighted by atomic mass is 79.9. The van der Waals surface area contributed by atoms with Crippen LogP contribution in [0.25, 0.3) is 0 Å².